The van der Waals surface area contributed by atoms with Crippen LogP contribution in [0.5, 0.6) is 11.5 Å². The fourth-order valence-corrected chi connectivity index (χ4v) is 3.17. The quantitative estimate of drug-likeness (QED) is 0.579. The van der Waals surface area contributed by atoms with E-state index in [1.54, 1.807) is 6.20 Å². The number of ether oxygens (including phenoxy) is 2. The molecule has 1 amide bonds. The van der Waals surface area contributed by atoms with Crippen LogP contribution in [0.4, 0.5) is 11.4 Å². The highest BCUT2D eigenvalue weighted by Crippen LogP contribution is 2.36. The minimum atomic E-state index is -0.0450. The molecule has 0 spiro atoms. The van der Waals surface area contributed by atoms with Crippen LogP contribution < -0.4 is 20.1 Å². The predicted octanol–water partition coefficient (Wildman–Crippen LogP) is 4.72. The summed E-state index contributed by atoms with van der Waals surface area (Å²) in [6, 6.07) is 11.8. The molecule has 0 saturated heterocycles. The van der Waals surface area contributed by atoms with Gasteiger partial charge in [-0.15, -0.1) is 0 Å². The van der Waals surface area contributed by atoms with Crippen LogP contribution in [-0.2, 0) is 11.3 Å². The third kappa shape index (κ3) is 4.77. The predicted molar refractivity (Wildman–Crippen MR) is 116 cm³/mol. The molecule has 2 N–H and O–H groups in total. The monoisotopic (exact) mass is 393 g/mol. The van der Waals surface area contributed by atoms with Crippen molar-refractivity contribution < 1.29 is 14.3 Å². The topological polar surface area (TPSA) is 72.5 Å². The Morgan fingerprint density at radius 3 is 2.45 bits per heavy atom. The van der Waals surface area contributed by atoms with E-state index in [2.05, 4.69) is 15.6 Å². The Morgan fingerprint density at radius 1 is 1.03 bits per heavy atom. The smallest absolute Gasteiger partial charge is 0.217 e. The first-order chi connectivity index (χ1) is 14.0. The van der Waals surface area contributed by atoms with Crippen LogP contribution in [0.2, 0.25) is 0 Å². The van der Waals surface area contributed by atoms with Crippen molar-refractivity contribution >= 4 is 28.2 Å². The lowest BCUT2D eigenvalue weighted by Gasteiger charge is -2.17. The molecule has 0 aliphatic rings. The molecule has 6 heteroatoms. The summed E-state index contributed by atoms with van der Waals surface area (Å²) in [7, 11) is 0. The lowest BCUT2D eigenvalue weighted by molar-refractivity contribution is -0.119. The first-order valence-electron chi connectivity index (χ1n) is 9.81. The lowest BCUT2D eigenvalue weighted by atomic mass is 10.1. The standard InChI is InChI=1S/C23H27N3O3/c1-5-28-22-12-18-20(10-11-24-21(18)13-23(22)29-6-2)26-19-9-7-8-17(15(19)3)14-25-16(4)27/h7-13H,5-6,14H2,1-4H3,(H,24,26)(H,25,27). The van der Waals surface area contributed by atoms with Crippen LogP contribution in [0.25, 0.3) is 10.9 Å². The fourth-order valence-electron chi connectivity index (χ4n) is 3.17. The third-order valence-corrected chi connectivity index (χ3v) is 4.65. The molecule has 29 heavy (non-hydrogen) atoms. The van der Waals surface area contributed by atoms with Crippen LogP contribution in [0.3, 0.4) is 0 Å². The molecular formula is C23H27N3O3. The number of benzene rings is 2. The zero-order valence-electron chi connectivity index (χ0n) is 17.3. The number of hydrogen-bond acceptors (Lipinski definition) is 5. The van der Waals surface area contributed by atoms with Crippen LogP contribution in [0, 0.1) is 6.92 Å². The number of nitrogens with zero attached hydrogens (tertiary/aromatic N) is 1. The molecule has 6 nitrogen and oxygen atoms in total. The summed E-state index contributed by atoms with van der Waals surface area (Å²) in [5.74, 6) is 1.35. The lowest BCUT2D eigenvalue weighted by Crippen LogP contribution is -2.19. The Labute approximate surface area is 171 Å². The number of carbonyl (C=O) groups excluding carboxylic acids is 1. The zero-order chi connectivity index (χ0) is 20.8. The van der Waals surface area contributed by atoms with E-state index in [1.165, 1.54) is 6.92 Å². The Kier molecular flexibility index (Phi) is 6.54. The molecule has 0 unspecified atom stereocenters. The highest BCUT2D eigenvalue weighted by Gasteiger charge is 2.12. The maximum Gasteiger partial charge on any atom is 0.217 e. The molecule has 0 radical (unpaired) electrons. The molecule has 0 saturated carbocycles. The molecule has 0 aliphatic heterocycles. The van der Waals surface area contributed by atoms with Gasteiger partial charge in [0.15, 0.2) is 11.5 Å². The number of carbonyl (C=O) groups is 1. The van der Waals surface area contributed by atoms with E-state index in [9.17, 15) is 4.79 Å². The summed E-state index contributed by atoms with van der Waals surface area (Å²) in [5, 5.41) is 7.32. The van der Waals surface area contributed by atoms with Crippen LogP contribution in [0.15, 0.2) is 42.6 Å². The van der Waals surface area contributed by atoms with Gasteiger partial charge in [0.2, 0.25) is 5.91 Å². The summed E-state index contributed by atoms with van der Waals surface area (Å²) < 4.78 is 11.5. The minimum Gasteiger partial charge on any atom is -0.490 e. The molecule has 1 heterocycles. The number of amides is 1. The largest absolute Gasteiger partial charge is 0.490 e. The summed E-state index contributed by atoms with van der Waals surface area (Å²) in [4.78, 5) is 15.7. The van der Waals surface area contributed by atoms with Gasteiger partial charge in [-0.25, -0.2) is 0 Å². The number of pyridine rings is 1. The molecule has 0 fully saturated rings. The number of rotatable bonds is 8. The second-order valence-corrected chi connectivity index (χ2v) is 6.67. The molecule has 0 bridgehead atoms. The van der Waals surface area contributed by atoms with Gasteiger partial charge in [-0.1, -0.05) is 12.1 Å². The van der Waals surface area contributed by atoms with E-state index >= 15 is 0 Å². The van der Waals surface area contributed by atoms with E-state index in [0.717, 1.165) is 33.4 Å². The SMILES string of the molecule is CCOc1cc2nccc(Nc3cccc(CNC(C)=O)c3C)c2cc1OCC. The van der Waals surface area contributed by atoms with Crippen molar-refractivity contribution in [3.8, 4) is 11.5 Å². The number of aromatic nitrogens is 1. The van der Waals surface area contributed by atoms with E-state index in [0.29, 0.717) is 31.3 Å². The van der Waals surface area contributed by atoms with Crippen molar-refractivity contribution in [3.63, 3.8) is 0 Å². The summed E-state index contributed by atoms with van der Waals surface area (Å²) in [6.45, 7) is 9.08. The summed E-state index contributed by atoms with van der Waals surface area (Å²) in [5.41, 5.74) is 4.89. The molecule has 3 rings (SSSR count). The van der Waals surface area contributed by atoms with Crippen molar-refractivity contribution in [1.82, 2.24) is 10.3 Å². The molecule has 1 aromatic heterocycles. The van der Waals surface area contributed by atoms with Crippen molar-refractivity contribution in [2.24, 2.45) is 0 Å². The second-order valence-electron chi connectivity index (χ2n) is 6.67. The van der Waals surface area contributed by atoms with E-state index in [4.69, 9.17) is 9.47 Å². The Balaban J connectivity index is 1.99. The number of fused-ring (bicyclic) bond motifs is 1. The Morgan fingerprint density at radius 2 is 1.76 bits per heavy atom. The fraction of sp³-hybridized carbons (Fsp3) is 0.304. The van der Waals surface area contributed by atoms with Crippen LogP contribution in [-0.4, -0.2) is 24.1 Å². The Bertz CT molecular complexity index is 1020. The maximum atomic E-state index is 11.3. The van der Waals surface area contributed by atoms with Crippen molar-refractivity contribution in [1.29, 1.82) is 0 Å². The molecule has 0 aliphatic carbocycles. The highest BCUT2D eigenvalue weighted by molar-refractivity contribution is 5.95. The van der Waals surface area contributed by atoms with Crippen LogP contribution >= 0.6 is 0 Å². The highest BCUT2D eigenvalue weighted by atomic mass is 16.5. The van der Waals surface area contributed by atoms with Gasteiger partial charge in [0, 0.05) is 42.5 Å². The molecule has 2 aromatic carbocycles. The number of nitrogens with one attached hydrogen (secondary N) is 2. The van der Waals surface area contributed by atoms with E-state index < -0.39 is 0 Å². The van der Waals surface area contributed by atoms with Gasteiger partial charge in [0.05, 0.1) is 18.7 Å². The molecule has 0 atom stereocenters. The molecule has 3 aromatic rings. The van der Waals surface area contributed by atoms with Gasteiger partial charge in [-0.3, -0.25) is 9.78 Å². The van der Waals surface area contributed by atoms with Crippen molar-refractivity contribution in [2.45, 2.75) is 34.2 Å². The van der Waals surface area contributed by atoms with Gasteiger partial charge >= 0.3 is 0 Å². The van der Waals surface area contributed by atoms with Crippen molar-refractivity contribution in [2.75, 3.05) is 18.5 Å². The first kappa shape index (κ1) is 20.5. The van der Waals surface area contributed by atoms with Gasteiger partial charge in [-0.05, 0) is 50.1 Å². The van der Waals surface area contributed by atoms with E-state index in [1.807, 2.05) is 57.2 Å². The molecule has 152 valence electrons. The summed E-state index contributed by atoms with van der Waals surface area (Å²) >= 11 is 0. The van der Waals surface area contributed by atoms with E-state index in [-0.39, 0.29) is 5.91 Å². The average molecular weight is 393 g/mol. The average Bonchev–Trinajstić information content (AvgIpc) is 2.70. The van der Waals surface area contributed by atoms with Gasteiger partial charge < -0.3 is 20.1 Å². The summed E-state index contributed by atoms with van der Waals surface area (Å²) in [6.07, 6.45) is 1.78. The van der Waals surface area contributed by atoms with Gasteiger partial charge in [-0.2, -0.15) is 0 Å². The van der Waals surface area contributed by atoms with Gasteiger partial charge in [0.25, 0.3) is 0 Å². The normalized spacial score (nSPS) is 10.6. The van der Waals surface area contributed by atoms with Crippen molar-refractivity contribution in [3.05, 3.63) is 53.7 Å². The minimum absolute atomic E-state index is 0.0450. The second kappa shape index (κ2) is 9.28. The zero-order valence-corrected chi connectivity index (χ0v) is 17.3. The maximum absolute atomic E-state index is 11.3. The third-order valence-electron chi connectivity index (χ3n) is 4.65. The number of anilines is 2. The first-order valence-corrected chi connectivity index (χ1v) is 9.81. The Hall–Kier alpha value is -3.28. The van der Waals surface area contributed by atoms with Crippen LogP contribution in [0.1, 0.15) is 31.9 Å². The number of hydrogen-bond donors (Lipinski definition) is 2. The van der Waals surface area contributed by atoms with Gasteiger partial charge in [0.1, 0.15) is 0 Å². The molecular weight excluding hydrogens is 366 g/mol.